The Bertz CT molecular complexity index is 1010. The van der Waals surface area contributed by atoms with Crippen LogP contribution in [0.1, 0.15) is 284 Å². The highest BCUT2D eigenvalue weighted by atomic mass is 31.2. The van der Waals surface area contributed by atoms with Gasteiger partial charge in [-0.25, -0.2) is 4.57 Å². The third-order valence-corrected chi connectivity index (χ3v) is 13.2. The molecule has 0 heterocycles. The predicted molar refractivity (Wildman–Crippen MR) is 261 cm³/mol. The van der Waals surface area contributed by atoms with Crippen molar-refractivity contribution < 1.29 is 47.8 Å². The Kier molecular flexibility index (Phi) is 48.1. The Hall–Kier alpha value is -1.03. The van der Waals surface area contributed by atoms with Crippen molar-refractivity contribution in [1.29, 1.82) is 0 Å². The molecule has 0 bridgehead atoms. The van der Waals surface area contributed by atoms with E-state index in [-0.39, 0.29) is 19.4 Å². The molecule has 0 aliphatic rings. The molecule has 0 aromatic heterocycles. The molecule has 10 nitrogen and oxygen atoms in total. The van der Waals surface area contributed by atoms with E-state index in [1.54, 1.807) is 0 Å². The third-order valence-electron chi connectivity index (χ3n) is 12.3. The van der Waals surface area contributed by atoms with Gasteiger partial charge in [0.25, 0.3) is 0 Å². The van der Waals surface area contributed by atoms with Crippen LogP contribution < -0.4 is 0 Å². The van der Waals surface area contributed by atoms with Crippen LogP contribution in [0.5, 0.6) is 0 Å². The molecule has 0 saturated carbocycles. The maximum Gasteiger partial charge on any atom is 0.472 e. The van der Waals surface area contributed by atoms with Crippen LogP contribution in [0.25, 0.3) is 0 Å². The van der Waals surface area contributed by atoms with Crippen molar-refractivity contribution in [2.75, 3.05) is 26.4 Å². The second kappa shape index (κ2) is 48.9. The van der Waals surface area contributed by atoms with Crippen molar-refractivity contribution in [2.24, 2.45) is 0 Å². The summed E-state index contributed by atoms with van der Waals surface area (Å²) < 4.78 is 32.9. The molecule has 0 aliphatic heterocycles. The van der Waals surface area contributed by atoms with E-state index >= 15 is 0 Å². The number of hydrogen-bond donors (Lipinski definition) is 3. The molecule has 0 fully saturated rings. The topological polar surface area (TPSA) is 149 Å². The number of aliphatic hydroxyl groups is 2. The Morgan fingerprint density at radius 3 is 0.984 bits per heavy atom. The number of esters is 2. The molecule has 3 unspecified atom stereocenters. The fourth-order valence-electron chi connectivity index (χ4n) is 8.12. The lowest BCUT2D eigenvalue weighted by atomic mass is 10.0. The molecule has 3 atom stereocenters. The second-order valence-corrected chi connectivity index (χ2v) is 20.1. The van der Waals surface area contributed by atoms with Crippen LogP contribution in [-0.4, -0.2) is 65.7 Å². The van der Waals surface area contributed by atoms with E-state index in [2.05, 4.69) is 13.8 Å². The predicted octanol–water partition coefficient (Wildman–Crippen LogP) is 15.4. The van der Waals surface area contributed by atoms with Crippen molar-refractivity contribution >= 4 is 19.8 Å². The number of unbranched alkanes of at least 4 members (excludes halogenated alkanes) is 38. The van der Waals surface area contributed by atoms with E-state index < -0.39 is 51.8 Å². The van der Waals surface area contributed by atoms with Gasteiger partial charge < -0.3 is 24.6 Å². The number of hydrogen-bond acceptors (Lipinski definition) is 9. The summed E-state index contributed by atoms with van der Waals surface area (Å²) in [6, 6.07) is 0. The highest BCUT2D eigenvalue weighted by molar-refractivity contribution is 7.47. The monoisotopic (exact) mass is 919 g/mol. The van der Waals surface area contributed by atoms with Crippen molar-refractivity contribution in [3.63, 3.8) is 0 Å². The molecule has 376 valence electrons. The van der Waals surface area contributed by atoms with Crippen LogP contribution in [0.3, 0.4) is 0 Å². The lowest BCUT2D eigenvalue weighted by Gasteiger charge is -2.20. The van der Waals surface area contributed by atoms with Gasteiger partial charge in [-0.15, -0.1) is 0 Å². The van der Waals surface area contributed by atoms with E-state index in [1.807, 2.05) is 0 Å². The summed E-state index contributed by atoms with van der Waals surface area (Å²) in [4.78, 5) is 35.2. The minimum absolute atomic E-state index is 0.193. The maximum absolute atomic E-state index is 12.7. The van der Waals surface area contributed by atoms with E-state index in [1.165, 1.54) is 212 Å². The standard InChI is InChI=1S/C52H103O10P/c1-3-5-7-9-11-13-15-17-19-21-23-24-26-28-30-32-34-36-38-40-42-44-52(56)62-50(48-61-63(57,58)60-46-49(54)45-53)47-59-51(55)43-41-39-37-35-33-31-29-27-25-22-20-18-16-14-12-10-8-6-4-2/h49-50,53-54H,3-48H2,1-2H3,(H,57,58). The molecule has 0 aliphatic carbocycles. The zero-order chi connectivity index (χ0) is 46.2. The summed E-state index contributed by atoms with van der Waals surface area (Å²) in [5.41, 5.74) is 0. The molecule has 0 aromatic carbocycles. The number of aliphatic hydroxyl groups excluding tert-OH is 2. The summed E-state index contributed by atoms with van der Waals surface area (Å²) in [7, 11) is -4.62. The Balaban J connectivity index is 4.09. The molecule has 0 amide bonds. The normalized spacial score (nSPS) is 13.5. The zero-order valence-electron chi connectivity index (χ0n) is 41.3. The minimum atomic E-state index is -4.62. The van der Waals surface area contributed by atoms with E-state index in [4.69, 9.17) is 23.6 Å². The van der Waals surface area contributed by atoms with Gasteiger partial charge in [-0.2, -0.15) is 0 Å². The SMILES string of the molecule is CCCCCCCCCCCCCCCCCCCCCCCC(=O)OC(COC(=O)CCCCCCCCCCCCCCCCCCCCC)COP(=O)(O)OCC(O)CO. The lowest BCUT2D eigenvalue weighted by molar-refractivity contribution is -0.161. The van der Waals surface area contributed by atoms with Gasteiger partial charge in [-0.1, -0.05) is 258 Å². The first-order chi connectivity index (χ1) is 30.7. The van der Waals surface area contributed by atoms with E-state index in [9.17, 15) is 24.2 Å². The number of carbonyl (C=O) groups excluding carboxylic acids is 2. The Morgan fingerprint density at radius 2 is 0.683 bits per heavy atom. The number of phosphoric acid groups is 1. The van der Waals surface area contributed by atoms with Gasteiger partial charge in [-0.05, 0) is 12.8 Å². The molecular formula is C52H103O10P. The van der Waals surface area contributed by atoms with Crippen LogP contribution >= 0.6 is 7.82 Å². The largest absolute Gasteiger partial charge is 0.472 e. The van der Waals surface area contributed by atoms with Gasteiger partial charge in [0.1, 0.15) is 12.7 Å². The quantitative estimate of drug-likeness (QED) is 0.0306. The first-order valence-corrected chi connectivity index (χ1v) is 28.5. The zero-order valence-corrected chi connectivity index (χ0v) is 42.2. The van der Waals surface area contributed by atoms with Crippen LogP contribution in [-0.2, 0) is 32.7 Å². The van der Waals surface area contributed by atoms with Gasteiger partial charge in [0.15, 0.2) is 6.10 Å². The number of rotatable bonds is 52. The molecule has 3 N–H and O–H groups in total. The number of carbonyl (C=O) groups is 2. The number of phosphoric ester groups is 1. The maximum atomic E-state index is 12.7. The minimum Gasteiger partial charge on any atom is -0.462 e. The average Bonchev–Trinajstić information content (AvgIpc) is 3.27. The Labute approximate surface area is 388 Å². The Morgan fingerprint density at radius 1 is 0.413 bits per heavy atom. The van der Waals surface area contributed by atoms with Crippen molar-refractivity contribution in [3.05, 3.63) is 0 Å². The van der Waals surface area contributed by atoms with Gasteiger partial charge in [-0.3, -0.25) is 18.6 Å². The molecule has 11 heteroatoms. The van der Waals surface area contributed by atoms with Gasteiger partial charge in [0.05, 0.1) is 19.8 Å². The molecule has 0 saturated heterocycles. The van der Waals surface area contributed by atoms with Gasteiger partial charge in [0, 0.05) is 12.8 Å². The fourth-order valence-corrected chi connectivity index (χ4v) is 8.91. The molecular weight excluding hydrogens is 816 g/mol. The second-order valence-electron chi connectivity index (χ2n) is 18.6. The van der Waals surface area contributed by atoms with E-state index in [0.717, 1.165) is 32.1 Å². The van der Waals surface area contributed by atoms with Gasteiger partial charge in [0.2, 0.25) is 0 Å². The molecule has 0 radical (unpaired) electrons. The van der Waals surface area contributed by atoms with Crippen LogP contribution in [0, 0.1) is 0 Å². The summed E-state index contributed by atoms with van der Waals surface area (Å²) in [5, 5.41) is 18.4. The van der Waals surface area contributed by atoms with Gasteiger partial charge >= 0.3 is 19.8 Å². The average molecular weight is 919 g/mol. The summed E-state index contributed by atoms with van der Waals surface area (Å²) in [5.74, 6) is -0.900. The summed E-state index contributed by atoms with van der Waals surface area (Å²) in [6.45, 7) is 2.46. The van der Waals surface area contributed by atoms with Crippen molar-refractivity contribution in [1.82, 2.24) is 0 Å². The van der Waals surface area contributed by atoms with Crippen LogP contribution in [0.15, 0.2) is 0 Å². The number of ether oxygens (including phenoxy) is 2. The van der Waals surface area contributed by atoms with E-state index in [0.29, 0.717) is 12.8 Å². The van der Waals surface area contributed by atoms with Crippen molar-refractivity contribution in [3.8, 4) is 0 Å². The first-order valence-electron chi connectivity index (χ1n) is 27.0. The third kappa shape index (κ3) is 48.7. The molecule has 0 rings (SSSR count). The molecule has 0 aromatic rings. The smallest absolute Gasteiger partial charge is 0.462 e. The van der Waals surface area contributed by atoms with Crippen LogP contribution in [0.4, 0.5) is 0 Å². The highest BCUT2D eigenvalue weighted by Gasteiger charge is 2.27. The summed E-state index contributed by atoms with van der Waals surface area (Å²) >= 11 is 0. The van der Waals surface area contributed by atoms with Crippen molar-refractivity contribution in [2.45, 2.75) is 296 Å². The summed E-state index contributed by atoms with van der Waals surface area (Å²) in [6.07, 6.45) is 49.3. The lowest BCUT2D eigenvalue weighted by Crippen LogP contribution is -2.29. The molecule has 63 heavy (non-hydrogen) atoms. The van der Waals surface area contributed by atoms with Crippen LogP contribution in [0.2, 0.25) is 0 Å². The molecule has 0 spiro atoms. The fraction of sp³-hybridized carbons (Fsp3) is 0.962. The highest BCUT2D eigenvalue weighted by Crippen LogP contribution is 2.43. The first kappa shape index (κ1) is 62.0.